The third-order valence-electron chi connectivity index (χ3n) is 6.75. The van der Waals surface area contributed by atoms with Gasteiger partial charge < -0.3 is 14.8 Å². The fourth-order valence-electron chi connectivity index (χ4n) is 5.01. The highest BCUT2D eigenvalue weighted by atomic mass is 15.2. The average molecular weight is 436 g/mol. The van der Waals surface area contributed by atoms with Crippen molar-refractivity contribution in [1.29, 1.82) is 0 Å². The van der Waals surface area contributed by atoms with Gasteiger partial charge in [-0.3, -0.25) is 0 Å². The molecule has 0 amide bonds. The highest BCUT2D eigenvalue weighted by Crippen LogP contribution is 2.35. The minimum atomic E-state index is 0.259. The van der Waals surface area contributed by atoms with E-state index in [1.807, 2.05) is 0 Å². The van der Waals surface area contributed by atoms with Crippen molar-refractivity contribution in [2.24, 2.45) is 0 Å². The fraction of sp³-hybridized carbons (Fsp3) is 0.267. The van der Waals surface area contributed by atoms with E-state index in [2.05, 4.69) is 121 Å². The van der Waals surface area contributed by atoms with Crippen molar-refractivity contribution < 1.29 is 0 Å². The van der Waals surface area contributed by atoms with Crippen molar-refractivity contribution in [3.8, 4) is 11.1 Å². The smallest absolute Gasteiger partial charge is 0.0660 e. The Bertz CT molecular complexity index is 1200. The number of aromatic nitrogens is 1. The molecule has 1 fully saturated rings. The summed E-state index contributed by atoms with van der Waals surface area (Å²) in [7, 11) is 0. The Kier molecular flexibility index (Phi) is 6.06. The first-order valence-corrected chi connectivity index (χ1v) is 11.9. The van der Waals surface area contributed by atoms with Crippen LogP contribution in [0, 0.1) is 20.8 Å². The van der Waals surface area contributed by atoms with Gasteiger partial charge in [0.2, 0.25) is 0 Å². The third-order valence-corrected chi connectivity index (χ3v) is 6.75. The Balaban J connectivity index is 1.56. The molecule has 1 atom stereocenters. The van der Waals surface area contributed by atoms with E-state index < -0.39 is 0 Å². The summed E-state index contributed by atoms with van der Waals surface area (Å²) in [5.41, 5.74) is 10.6. The van der Waals surface area contributed by atoms with Gasteiger partial charge in [-0.2, -0.15) is 0 Å². The van der Waals surface area contributed by atoms with Crippen molar-refractivity contribution in [3.05, 3.63) is 113 Å². The van der Waals surface area contributed by atoms with Crippen LogP contribution in [0.15, 0.2) is 85.1 Å². The molecule has 5 rings (SSSR count). The van der Waals surface area contributed by atoms with Crippen LogP contribution in [0.4, 0.5) is 5.69 Å². The molecule has 1 aromatic heterocycles. The molecule has 3 heteroatoms. The lowest BCUT2D eigenvalue weighted by atomic mass is 9.96. The Morgan fingerprint density at radius 3 is 2.18 bits per heavy atom. The van der Waals surface area contributed by atoms with Crippen LogP contribution in [-0.4, -0.2) is 24.2 Å². The molecule has 1 unspecified atom stereocenters. The maximum absolute atomic E-state index is 3.84. The van der Waals surface area contributed by atoms with Crippen molar-refractivity contribution in [3.63, 3.8) is 0 Å². The predicted molar refractivity (Wildman–Crippen MR) is 139 cm³/mol. The molecule has 0 radical (unpaired) electrons. The van der Waals surface area contributed by atoms with Gasteiger partial charge in [-0.05, 0) is 49.6 Å². The Hall–Kier alpha value is -3.30. The number of nitrogens with zero attached hydrogens (tertiary/aromatic N) is 2. The summed E-state index contributed by atoms with van der Waals surface area (Å²) in [6.45, 7) is 10.4. The molecule has 0 spiro atoms. The van der Waals surface area contributed by atoms with Crippen LogP contribution in [-0.2, 0) is 6.54 Å². The average Bonchev–Trinajstić information content (AvgIpc) is 3.17. The summed E-state index contributed by atoms with van der Waals surface area (Å²) in [6, 6.07) is 29.0. The van der Waals surface area contributed by atoms with Gasteiger partial charge in [-0.25, -0.2) is 0 Å². The van der Waals surface area contributed by atoms with E-state index in [0.717, 1.165) is 26.2 Å². The van der Waals surface area contributed by atoms with E-state index in [1.54, 1.807) is 0 Å². The molecular formula is C30H33N3. The summed E-state index contributed by atoms with van der Waals surface area (Å²) < 4.78 is 2.47. The molecule has 4 aromatic rings. The first-order chi connectivity index (χ1) is 16.1. The van der Waals surface area contributed by atoms with Crippen LogP contribution in [0.1, 0.15) is 34.0 Å². The number of hydrogen-bond acceptors (Lipinski definition) is 2. The van der Waals surface area contributed by atoms with Gasteiger partial charge in [0.15, 0.2) is 0 Å². The molecule has 3 aromatic carbocycles. The topological polar surface area (TPSA) is 20.2 Å². The monoisotopic (exact) mass is 435 g/mol. The molecule has 33 heavy (non-hydrogen) atoms. The third kappa shape index (κ3) is 4.60. The zero-order valence-electron chi connectivity index (χ0n) is 19.9. The van der Waals surface area contributed by atoms with Gasteiger partial charge >= 0.3 is 0 Å². The predicted octanol–water partition coefficient (Wildman–Crippen LogP) is 6.28. The number of hydrogen-bond donors (Lipinski definition) is 1. The van der Waals surface area contributed by atoms with Crippen molar-refractivity contribution >= 4 is 5.69 Å². The molecule has 2 heterocycles. The van der Waals surface area contributed by atoms with E-state index >= 15 is 0 Å². The number of rotatable bonds is 5. The number of aryl methyl sites for hydroxylation is 3. The first-order valence-electron chi connectivity index (χ1n) is 11.9. The van der Waals surface area contributed by atoms with Crippen LogP contribution >= 0.6 is 0 Å². The second-order valence-electron chi connectivity index (χ2n) is 9.34. The van der Waals surface area contributed by atoms with Crippen LogP contribution in [0.25, 0.3) is 11.1 Å². The molecule has 1 N–H and O–H groups in total. The van der Waals surface area contributed by atoms with Crippen molar-refractivity contribution in [2.45, 2.75) is 33.4 Å². The summed E-state index contributed by atoms with van der Waals surface area (Å²) in [5.74, 6) is 0. The van der Waals surface area contributed by atoms with Crippen molar-refractivity contribution in [1.82, 2.24) is 9.88 Å². The molecule has 0 aliphatic carbocycles. The zero-order chi connectivity index (χ0) is 22.8. The highest BCUT2D eigenvalue weighted by molar-refractivity contribution is 5.71. The minimum absolute atomic E-state index is 0.259. The molecule has 1 aliphatic rings. The van der Waals surface area contributed by atoms with Crippen LogP contribution in [0.2, 0.25) is 0 Å². The van der Waals surface area contributed by atoms with Crippen LogP contribution < -0.4 is 10.2 Å². The largest absolute Gasteiger partial charge is 0.368 e. The molecule has 168 valence electrons. The summed E-state index contributed by atoms with van der Waals surface area (Å²) in [6.07, 6.45) is 2.34. The van der Waals surface area contributed by atoms with Crippen LogP contribution in [0.3, 0.4) is 0 Å². The van der Waals surface area contributed by atoms with E-state index in [-0.39, 0.29) is 6.04 Å². The summed E-state index contributed by atoms with van der Waals surface area (Å²) in [4.78, 5) is 2.51. The zero-order valence-corrected chi connectivity index (χ0v) is 19.9. The van der Waals surface area contributed by atoms with Gasteiger partial charge in [0.25, 0.3) is 0 Å². The molecular weight excluding hydrogens is 402 g/mol. The molecule has 0 bridgehead atoms. The van der Waals surface area contributed by atoms with Crippen LogP contribution in [0.5, 0.6) is 0 Å². The van der Waals surface area contributed by atoms with E-state index in [4.69, 9.17) is 0 Å². The SMILES string of the molecule is Cc1ccc(Cn2cc(C)c(-c3ccc(C)cc3)c2C2CN(c3ccccc3)CCN2)cc1. The molecule has 3 nitrogen and oxygen atoms in total. The lowest BCUT2D eigenvalue weighted by Crippen LogP contribution is -2.46. The molecule has 1 saturated heterocycles. The lowest BCUT2D eigenvalue weighted by molar-refractivity contribution is 0.451. The highest BCUT2D eigenvalue weighted by Gasteiger charge is 2.28. The van der Waals surface area contributed by atoms with Gasteiger partial charge in [0.05, 0.1) is 6.04 Å². The first kappa shape index (κ1) is 21.5. The molecule has 1 aliphatic heterocycles. The lowest BCUT2D eigenvalue weighted by Gasteiger charge is -2.36. The Morgan fingerprint density at radius 2 is 1.48 bits per heavy atom. The maximum Gasteiger partial charge on any atom is 0.0660 e. The minimum Gasteiger partial charge on any atom is -0.368 e. The molecule has 0 saturated carbocycles. The number of para-hydroxylation sites is 1. The Morgan fingerprint density at radius 1 is 0.818 bits per heavy atom. The Labute approximate surface area is 197 Å². The number of anilines is 1. The van der Waals surface area contributed by atoms with Gasteiger partial charge in [0.1, 0.15) is 0 Å². The number of nitrogens with one attached hydrogen (secondary N) is 1. The van der Waals surface area contributed by atoms with Gasteiger partial charge in [-0.1, -0.05) is 77.9 Å². The van der Waals surface area contributed by atoms with E-state index in [0.29, 0.717) is 0 Å². The second kappa shape index (κ2) is 9.29. The van der Waals surface area contributed by atoms with E-state index in [9.17, 15) is 0 Å². The van der Waals surface area contributed by atoms with E-state index in [1.165, 1.54) is 44.8 Å². The quantitative estimate of drug-likeness (QED) is 0.398. The standard InChI is InChI=1S/C30H33N3/c1-22-9-13-25(14-10-22)20-33-19-24(3)29(26-15-11-23(2)12-16-26)30(33)28-21-32(18-17-31-28)27-7-5-4-6-8-27/h4-16,19,28,31H,17-18,20-21H2,1-3H3. The number of piperazine rings is 1. The summed E-state index contributed by atoms with van der Waals surface area (Å²) >= 11 is 0. The van der Waals surface area contributed by atoms with Gasteiger partial charge in [-0.15, -0.1) is 0 Å². The fourth-order valence-corrected chi connectivity index (χ4v) is 5.01. The maximum atomic E-state index is 3.84. The van der Waals surface area contributed by atoms with Gasteiger partial charge in [0, 0.05) is 49.3 Å². The normalized spacial score (nSPS) is 16.2. The van der Waals surface area contributed by atoms with Crippen molar-refractivity contribution in [2.75, 3.05) is 24.5 Å². The number of benzene rings is 3. The summed E-state index contributed by atoms with van der Waals surface area (Å²) in [5, 5.41) is 3.84. The second-order valence-corrected chi connectivity index (χ2v) is 9.34.